The fourth-order valence-electron chi connectivity index (χ4n) is 3.21. The lowest BCUT2D eigenvalue weighted by Crippen LogP contribution is -2.29. The van der Waals surface area contributed by atoms with Gasteiger partial charge in [-0.15, -0.1) is 0 Å². The predicted octanol–water partition coefficient (Wildman–Crippen LogP) is 4.75. The molecular weight excluding hydrogens is 418 g/mol. The Kier molecular flexibility index (Phi) is 5.29. The number of rotatable bonds is 5. The van der Waals surface area contributed by atoms with Gasteiger partial charge in [-0.3, -0.25) is 4.55 Å². The van der Waals surface area contributed by atoms with Gasteiger partial charge in [-0.2, -0.15) is 8.42 Å². The first-order valence-electron chi connectivity index (χ1n) is 8.50. The van der Waals surface area contributed by atoms with E-state index in [0.29, 0.717) is 10.8 Å². The normalized spacial score (nSPS) is 14.3. The molecule has 3 aromatic rings. The van der Waals surface area contributed by atoms with Crippen LogP contribution in [0.4, 0.5) is 11.4 Å². The van der Waals surface area contributed by atoms with Crippen LogP contribution in [0.1, 0.15) is 18.3 Å². The minimum absolute atomic E-state index is 0.119. The molecule has 0 saturated heterocycles. The first kappa shape index (κ1) is 19.2. The molecule has 1 aromatic heterocycles. The summed E-state index contributed by atoms with van der Waals surface area (Å²) in [5.74, 6) is 0.0660. The Morgan fingerprint density at radius 2 is 1.75 bits per heavy atom. The molecule has 1 aliphatic rings. The average Bonchev–Trinajstić information content (AvgIpc) is 2.67. The number of anilines is 2. The maximum atomic E-state index is 11.5. The van der Waals surface area contributed by atoms with Gasteiger partial charge in [-0.1, -0.05) is 35.5 Å². The summed E-state index contributed by atoms with van der Waals surface area (Å²) in [4.78, 5) is 12.7. The number of fused-ring (bicyclic) bond motifs is 2. The zero-order valence-corrected chi connectivity index (χ0v) is 17.0. The highest BCUT2D eigenvalue weighted by molar-refractivity contribution is 7.99. The highest BCUT2D eigenvalue weighted by Crippen LogP contribution is 2.52. The maximum Gasteiger partial charge on any atom is 0.264 e. The molecule has 0 bridgehead atoms. The Morgan fingerprint density at radius 3 is 2.50 bits per heavy atom. The molecule has 1 aliphatic heterocycles. The third-order valence-corrected chi connectivity index (χ3v) is 6.49. The second-order valence-electron chi connectivity index (χ2n) is 6.25. The first-order chi connectivity index (χ1) is 13.4. The zero-order chi connectivity index (χ0) is 19.7. The van der Waals surface area contributed by atoms with Gasteiger partial charge in [0.2, 0.25) is 0 Å². The lowest BCUT2D eigenvalue weighted by Gasteiger charge is -2.38. The van der Waals surface area contributed by atoms with E-state index < -0.39 is 21.9 Å². The van der Waals surface area contributed by atoms with Crippen LogP contribution in [0.3, 0.4) is 0 Å². The molecule has 0 fully saturated rings. The van der Waals surface area contributed by atoms with Gasteiger partial charge in [0.25, 0.3) is 10.1 Å². The summed E-state index contributed by atoms with van der Waals surface area (Å²) in [6, 6.07) is 14.7. The van der Waals surface area contributed by atoms with Crippen LogP contribution in [0, 0.1) is 0 Å². The Hall–Kier alpha value is -2.13. The number of hydrogen-bond donors (Lipinski definition) is 1. The summed E-state index contributed by atoms with van der Waals surface area (Å²) >= 11 is 7.89. The van der Waals surface area contributed by atoms with Crippen LogP contribution in [0.25, 0.3) is 0 Å². The predicted molar refractivity (Wildman–Crippen MR) is 110 cm³/mol. The van der Waals surface area contributed by atoms with Gasteiger partial charge in [0.05, 0.1) is 23.2 Å². The fraction of sp³-hybridized carbons (Fsp3) is 0.158. The van der Waals surface area contributed by atoms with Crippen LogP contribution in [-0.2, 0) is 10.1 Å². The second kappa shape index (κ2) is 7.71. The molecule has 4 rings (SSSR count). The third kappa shape index (κ3) is 4.00. The number of aromatic nitrogens is 2. The van der Waals surface area contributed by atoms with Crippen molar-refractivity contribution in [3.05, 3.63) is 71.8 Å². The van der Waals surface area contributed by atoms with Gasteiger partial charge in [-0.25, -0.2) is 9.97 Å². The standard InChI is InChI=1S/C19H16ClN3O3S2/c20-13-6-7-18-16(12-13)23(14-4-1-2-5-17(14)27-18)15(8-11-28(24,25)26)19-21-9-3-10-22-19/h1-7,9-10,12,15H,8,11H2,(H,24,25,26). The summed E-state index contributed by atoms with van der Waals surface area (Å²) < 4.78 is 32.3. The summed E-state index contributed by atoms with van der Waals surface area (Å²) in [5.41, 5.74) is 1.76. The van der Waals surface area contributed by atoms with Crippen LogP contribution < -0.4 is 4.90 Å². The van der Waals surface area contributed by atoms with Crippen LogP contribution >= 0.6 is 23.4 Å². The van der Waals surface area contributed by atoms with Gasteiger partial charge in [-0.05, 0) is 42.8 Å². The average molecular weight is 434 g/mol. The number of para-hydroxylation sites is 1. The van der Waals surface area contributed by atoms with Crippen molar-refractivity contribution in [3.63, 3.8) is 0 Å². The van der Waals surface area contributed by atoms with Gasteiger partial charge < -0.3 is 4.90 Å². The molecule has 1 N–H and O–H groups in total. The Morgan fingerprint density at radius 1 is 1.04 bits per heavy atom. The highest BCUT2D eigenvalue weighted by Gasteiger charge is 2.32. The monoisotopic (exact) mass is 433 g/mol. The number of hydrogen-bond acceptors (Lipinski definition) is 6. The molecule has 0 aliphatic carbocycles. The van der Waals surface area contributed by atoms with Crippen molar-refractivity contribution in [2.75, 3.05) is 10.7 Å². The van der Waals surface area contributed by atoms with Gasteiger partial charge in [0.15, 0.2) is 5.82 Å². The van der Waals surface area contributed by atoms with E-state index >= 15 is 0 Å². The SMILES string of the molecule is O=S(=O)(O)CCC(c1ncccn1)N1c2ccccc2Sc2ccc(Cl)cc21. The molecule has 1 atom stereocenters. The Bertz CT molecular complexity index is 1110. The van der Waals surface area contributed by atoms with Crippen LogP contribution in [0.15, 0.2) is 70.7 Å². The van der Waals surface area contributed by atoms with E-state index in [9.17, 15) is 13.0 Å². The molecule has 6 nitrogen and oxygen atoms in total. The summed E-state index contributed by atoms with van der Waals surface area (Å²) in [7, 11) is -4.14. The molecule has 9 heteroatoms. The van der Waals surface area contributed by atoms with E-state index in [-0.39, 0.29) is 6.42 Å². The molecule has 1 unspecified atom stereocenters. The third-order valence-electron chi connectivity index (χ3n) is 4.37. The van der Waals surface area contributed by atoms with Crippen LogP contribution in [0.5, 0.6) is 0 Å². The molecule has 0 saturated carbocycles. The molecule has 0 spiro atoms. The first-order valence-corrected chi connectivity index (χ1v) is 11.3. The zero-order valence-electron chi connectivity index (χ0n) is 14.6. The van der Waals surface area contributed by atoms with Crippen molar-refractivity contribution in [1.82, 2.24) is 9.97 Å². The van der Waals surface area contributed by atoms with Crippen molar-refractivity contribution in [1.29, 1.82) is 0 Å². The van der Waals surface area contributed by atoms with Gasteiger partial charge in [0.1, 0.15) is 0 Å². The minimum Gasteiger partial charge on any atom is -0.329 e. The minimum atomic E-state index is -4.14. The van der Waals surface area contributed by atoms with Crippen molar-refractivity contribution in [2.45, 2.75) is 22.3 Å². The fourth-order valence-corrected chi connectivity index (χ4v) is 4.95. The van der Waals surface area contributed by atoms with Gasteiger partial charge >= 0.3 is 0 Å². The Labute approximate surface area is 172 Å². The van der Waals surface area contributed by atoms with Crippen molar-refractivity contribution in [2.24, 2.45) is 0 Å². The molecular formula is C19H16ClN3O3S2. The summed E-state index contributed by atoms with van der Waals surface area (Å²) in [6.45, 7) is 0. The van der Waals surface area contributed by atoms with E-state index in [0.717, 1.165) is 21.2 Å². The van der Waals surface area contributed by atoms with Crippen molar-refractivity contribution >= 4 is 44.9 Å². The molecule has 2 heterocycles. The second-order valence-corrected chi connectivity index (χ2v) is 9.34. The molecule has 144 valence electrons. The molecule has 28 heavy (non-hydrogen) atoms. The largest absolute Gasteiger partial charge is 0.329 e. The lowest BCUT2D eigenvalue weighted by molar-refractivity contribution is 0.476. The van der Waals surface area contributed by atoms with E-state index in [1.54, 1.807) is 30.2 Å². The quantitative estimate of drug-likeness (QED) is 0.581. The highest BCUT2D eigenvalue weighted by atomic mass is 35.5. The Balaban J connectivity index is 1.88. The number of nitrogens with zero attached hydrogens (tertiary/aromatic N) is 3. The number of halogens is 1. The van der Waals surface area contributed by atoms with Crippen LogP contribution in [-0.4, -0.2) is 28.7 Å². The van der Waals surface area contributed by atoms with E-state index in [1.165, 1.54) is 0 Å². The molecule has 0 amide bonds. The van der Waals surface area contributed by atoms with Crippen LogP contribution in [0.2, 0.25) is 5.02 Å². The van der Waals surface area contributed by atoms with Gasteiger partial charge in [0, 0.05) is 27.2 Å². The lowest BCUT2D eigenvalue weighted by atomic mass is 10.1. The van der Waals surface area contributed by atoms with Crippen molar-refractivity contribution < 1.29 is 13.0 Å². The molecule has 0 radical (unpaired) electrons. The number of benzene rings is 2. The van der Waals surface area contributed by atoms with E-state index in [4.69, 9.17) is 11.6 Å². The van der Waals surface area contributed by atoms with E-state index in [2.05, 4.69) is 9.97 Å². The summed E-state index contributed by atoms with van der Waals surface area (Å²) in [6.07, 6.45) is 3.35. The maximum absolute atomic E-state index is 11.5. The van der Waals surface area contributed by atoms with Crippen molar-refractivity contribution in [3.8, 4) is 0 Å². The van der Waals surface area contributed by atoms with E-state index in [1.807, 2.05) is 47.4 Å². The smallest absolute Gasteiger partial charge is 0.264 e. The molecule has 2 aromatic carbocycles. The summed E-state index contributed by atoms with van der Waals surface area (Å²) in [5, 5.41) is 0.575. The topological polar surface area (TPSA) is 83.4 Å².